The van der Waals surface area contributed by atoms with E-state index in [4.69, 9.17) is 0 Å². The van der Waals surface area contributed by atoms with Gasteiger partial charge < -0.3 is 9.47 Å². The third-order valence-corrected chi connectivity index (χ3v) is 8.87. The summed E-state index contributed by atoms with van der Waals surface area (Å²) in [6.45, 7) is 2.20. The molecule has 2 nitrogen and oxygen atoms in total. The molecular formula is C42H36F10O2. The molecule has 0 unspecified atom stereocenters. The number of unbranched alkanes of at least 4 members (excludes halogenated alkanes) is 7. The number of aryl methyl sites for hydroxylation is 1. The average Bonchev–Trinajstić information content (AvgIpc) is 3.09. The summed E-state index contributed by atoms with van der Waals surface area (Å²) >= 11 is 0. The fraction of sp³-hybridized carbons (Fsp3) is 0.286. The third-order valence-electron chi connectivity index (χ3n) is 8.87. The van der Waals surface area contributed by atoms with Crippen LogP contribution >= 0.6 is 0 Å². The van der Waals surface area contributed by atoms with Gasteiger partial charge in [-0.2, -0.15) is 8.78 Å². The highest BCUT2D eigenvalue weighted by molar-refractivity contribution is 5.74. The highest BCUT2D eigenvalue weighted by Crippen LogP contribution is 2.39. The second-order valence-corrected chi connectivity index (χ2v) is 12.9. The SMILES string of the molecule is CCCCCCCCCCc1ccc(-c2ccc(-c3ccc(-c4cc(F)c(C(F)(F)Oc5ccc(OC(F)(F)F)c(F)c5)c(F)c4)c(F)c3)c(F)c2)cc1. The number of benzene rings is 5. The van der Waals surface area contributed by atoms with Crippen molar-refractivity contribution in [3.63, 3.8) is 0 Å². The molecule has 12 heteroatoms. The Morgan fingerprint density at radius 3 is 1.56 bits per heavy atom. The third kappa shape index (κ3) is 10.4. The maximum Gasteiger partial charge on any atom is 0.573 e. The number of ether oxygens (including phenoxy) is 2. The number of hydrogen-bond acceptors (Lipinski definition) is 2. The lowest BCUT2D eigenvalue weighted by molar-refractivity contribution is -0.275. The Hall–Kier alpha value is -5.00. The summed E-state index contributed by atoms with van der Waals surface area (Å²) in [5.74, 6) is -9.56. The van der Waals surface area contributed by atoms with Crippen molar-refractivity contribution in [2.24, 2.45) is 0 Å². The first-order valence-corrected chi connectivity index (χ1v) is 17.5. The van der Waals surface area contributed by atoms with Gasteiger partial charge in [0.25, 0.3) is 0 Å². The number of rotatable bonds is 16. The Kier molecular flexibility index (Phi) is 13.0. The molecule has 0 saturated heterocycles. The van der Waals surface area contributed by atoms with E-state index in [-0.39, 0.29) is 17.2 Å². The molecule has 286 valence electrons. The molecule has 0 fully saturated rings. The molecule has 0 amide bonds. The Morgan fingerprint density at radius 2 is 0.981 bits per heavy atom. The molecule has 0 aliphatic rings. The van der Waals surface area contributed by atoms with Gasteiger partial charge in [0.2, 0.25) is 0 Å². The van der Waals surface area contributed by atoms with Gasteiger partial charge in [-0.25, -0.2) is 22.0 Å². The van der Waals surface area contributed by atoms with Crippen molar-refractivity contribution in [2.45, 2.75) is 77.2 Å². The summed E-state index contributed by atoms with van der Waals surface area (Å²) in [5, 5.41) is 0. The molecule has 5 aromatic carbocycles. The van der Waals surface area contributed by atoms with Crippen LogP contribution in [0, 0.1) is 29.1 Å². The molecule has 5 aromatic rings. The molecule has 0 radical (unpaired) electrons. The number of halogens is 10. The summed E-state index contributed by atoms with van der Waals surface area (Å²) in [7, 11) is 0. The van der Waals surface area contributed by atoms with Crippen LogP contribution < -0.4 is 9.47 Å². The van der Waals surface area contributed by atoms with Crippen LogP contribution in [0.5, 0.6) is 11.5 Å². The zero-order valence-electron chi connectivity index (χ0n) is 29.1. The first-order chi connectivity index (χ1) is 25.6. The molecule has 0 heterocycles. The zero-order valence-corrected chi connectivity index (χ0v) is 29.1. The molecule has 0 aliphatic heterocycles. The molecule has 0 spiro atoms. The maximum atomic E-state index is 15.3. The molecule has 5 rings (SSSR count). The molecule has 0 bridgehead atoms. The largest absolute Gasteiger partial charge is 0.573 e. The highest BCUT2D eigenvalue weighted by Gasteiger charge is 2.42. The van der Waals surface area contributed by atoms with Crippen LogP contribution in [0.1, 0.15) is 69.4 Å². The molecule has 0 atom stereocenters. The van der Waals surface area contributed by atoms with Crippen LogP contribution in [-0.2, 0) is 12.5 Å². The normalized spacial score (nSPS) is 11.9. The van der Waals surface area contributed by atoms with Gasteiger partial charge in [0.1, 0.15) is 34.6 Å². The van der Waals surface area contributed by atoms with E-state index in [1.807, 2.05) is 24.3 Å². The van der Waals surface area contributed by atoms with Crippen molar-refractivity contribution in [3.8, 4) is 44.9 Å². The lowest BCUT2D eigenvalue weighted by atomic mass is 9.96. The molecular weight excluding hydrogens is 726 g/mol. The fourth-order valence-corrected chi connectivity index (χ4v) is 6.13. The predicted molar refractivity (Wildman–Crippen MR) is 187 cm³/mol. The Labute approximate surface area is 306 Å². The van der Waals surface area contributed by atoms with Gasteiger partial charge in [0.05, 0.1) is 0 Å². The summed E-state index contributed by atoms with van der Waals surface area (Å²) in [6.07, 6.45) is 0.764. The van der Waals surface area contributed by atoms with Gasteiger partial charge in [-0.05, 0) is 77.1 Å². The summed E-state index contributed by atoms with van der Waals surface area (Å²) in [5.41, 5.74) is -0.0278. The van der Waals surface area contributed by atoms with E-state index in [0.717, 1.165) is 30.5 Å². The Morgan fingerprint density at radius 1 is 0.463 bits per heavy atom. The summed E-state index contributed by atoms with van der Waals surface area (Å²) in [4.78, 5) is 0. The standard InChI is InChI=1S/C42H36F10O2/c1-2-3-4-5-6-7-8-9-10-26-11-13-27(14-12-26)28-15-18-32(34(43)21-28)29-16-19-33(35(44)22-29)30-23-37(46)40(38(47)24-30)41(48,49)53-31-17-20-39(36(45)25-31)54-42(50,51)52/h11-25H,2-10H2,1H3. The van der Waals surface area contributed by atoms with Crippen LogP contribution in [0.25, 0.3) is 33.4 Å². The van der Waals surface area contributed by atoms with Crippen LogP contribution in [0.15, 0.2) is 91.0 Å². The van der Waals surface area contributed by atoms with Gasteiger partial charge >= 0.3 is 12.5 Å². The van der Waals surface area contributed by atoms with E-state index in [0.29, 0.717) is 29.8 Å². The lowest BCUT2D eigenvalue weighted by Gasteiger charge is -2.20. The van der Waals surface area contributed by atoms with Gasteiger partial charge in [-0.1, -0.05) is 100 Å². The molecule has 54 heavy (non-hydrogen) atoms. The van der Waals surface area contributed by atoms with Gasteiger partial charge in [0.15, 0.2) is 11.6 Å². The first-order valence-electron chi connectivity index (χ1n) is 17.5. The van der Waals surface area contributed by atoms with Crippen LogP contribution in [0.3, 0.4) is 0 Å². The highest BCUT2D eigenvalue weighted by atomic mass is 19.4. The topological polar surface area (TPSA) is 18.5 Å². The number of alkyl halides is 5. The van der Waals surface area contributed by atoms with Crippen molar-refractivity contribution in [1.82, 2.24) is 0 Å². The molecule has 0 N–H and O–H groups in total. The maximum absolute atomic E-state index is 15.3. The quantitative estimate of drug-likeness (QED) is 0.0736. The van der Waals surface area contributed by atoms with E-state index < -0.39 is 69.7 Å². The number of hydrogen-bond donors (Lipinski definition) is 0. The van der Waals surface area contributed by atoms with Crippen molar-refractivity contribution in [2.75, 3.05) is 0 Å². The summed E-state index contributed by atoms with van der Waals surface area (Å²) < 4.78 is 149. The van der Waals surface area contributed by atoms with Gasteiger partial charge in [-0.15, -0.1) is 13.2 Å². The van der Waals surface area contributed by atoms with E-state index in [1.165, 1.54) is 68.7 Å². The van der Waals surface area contributed by atoms with Gasteiger partial charge in [0, 0.05) is 17.2 Å². The minimum atomic E-state index is -5.28. The second-order valence-electron chi connectivity index (χ2n) is 12.9. The second kappa shape index (κ2) is 17.4. The monoisotopic (exact) mass is 762 g/mol. The van der Waals surface area contributed by atoms with Crippen molar-refractivity contribution in [3.05, 3.63) is 131 Å². The Bertz CT molecular complexity index is 2020. The van der Waals surface area contributed by atoms with Crippen LogP contribution in [0.2, 0.25) is 0 Å². The first kappa shape index (κ1) is 40.2. The predicted octanol–water partition coefficient (Wildman–Crippen LogP) is 14.1. The van der Waals surface area contributed by atoms with E-state index >= 15 is 8.78 Å². The smallest absolute Gasteiger partial charge is 0.429 e. The Balaban J connectivity index is 1.25. The lowest BCUT2D eigenvalue weighted by Crippen LogP contribution is -2.25. The van der Waals surface area contributed by atoms with E-state index in [2.05, 4.69) is 16.4 Å². The van der Waals surface area contributed by atoms with E-state index in [9.17, 15) is 35.1 Å². The minimum Gasteiger partial charge on any atom is -0.429 e. The molecule has 0 aromatic heterocycles. The van der Waals surface area contributed by atoms with E-state index in [1.54, 1.807) is 6.07 Å². The van der Waals surface area contributed by atoms with Crippen molar-refractivity contribution in [1.29, 1.82) is 0 Å². The zero-order chi connectivity index (χ0) is 39.0. The minimum absolute atomic E-state index is 0.0504. The summed E-state index contributed by atoms with van der Waals surface area (Å²) in [6, 6.07) is 17.5. The van der Waals surface area contributed by atoms with Crippen molar-refractivity contribution >= 4 is 0 Å². The molecule has 0 saturated carbocycles. The average molecular weight is 763 g/mol. The molecule has 0 aliphatic carbocycles. The van der Waals surface area contributed by atoms with Crippen LogP contribution in [0.4, 0.5) is 43.9 Å². The van der Waals surface area contributed by atoms with Crippen LogP contribution in [-0.4, -0.2) is 6.36 Å². The van der Waals surface area contributed by atoms with Crippen molar-refractivity contribution < 1.29 is 53.4 Å². The van der Waals surface area contributed by atoms with Gasteiger partial charge in [-0.3, -0.25) is 0 Å². The fourth-order valence-electron chi connectivity index (χ4n) is 6.13.